The molecule has 0 aliphatic rings. The van der Waals surface area contributed by atoms with Crippen molar-refractivity contribution in [3.63, 3.8) is 0 Å². The molecule has 0 amide bonds. The first-order valence-corrected chi connectivity index (χ1v) is 4.92. The molecule has 2 aromatic rings. The first kappa shape index (κ1) is 9.05. The summed E-state index contributed by atoms with van der Waals surface area (Å²) in [4.78, 5) is 2.95. The van der Waals surface area contributed by atoms with Crippen LogP contribution in [0.25, 0.3) is 5.65 Å². The molecule has 0 aliphatic heterocycles. The zero-order valence-electron chi connectivity index (χ0n) is 8.23. The van der Waals surface area contributed by atoms with Crippen LogP contribution in [0.15, 0.2) is 12.4 Å². The van der Waals surface area contributed by atoms with Crippen LogP contribution in [0.4, 0.5) is 0 Å². The Bertz CT molecular complexity index is 364. The third-order valence-corrected chi connectivity index (χ3v) is 2.05. The minimum atomic E-state index is 0.639. The normalized spacial score (nSPS) is 10.9. The minimum absolute atomic E-state index is 0.639. The highest BCUT2D eigenvalue weighted by atomic mass is 16.5. The molecule has 0 aliphatic carbocycles. The Hall–Kier alpha value is -1.52. The monoisotopic (exact) mass is 194 g/mol. The summed E-state index contributed by atoms with van der Waals surface area (Å²) >= 11 is 0. The summed E-state index contributed by atoms with van der Waals surface area (Å²) in [5.74, 6) is 0.639. The molecule has 76 valence electrons. The molecule has 0 spiro atoms. The lowest BCUT2D eigenvalue weighted by atomic mass is 10.3. The fourth-order valence-electron chi connectivity index (χ4n) is 1.29. The molecular formula is C9H14N4O. The van der Waals surface area contributed by atoms with Gasteiger partial charge in [0.1, 0.15) is 6.33 Å². The van der Waals surface area contributed by atoms with E-state index >= 15 is 0 Å². The number of unbranched alkanes of at least 4 members (excludes halogenated alkanes) is 2. The van der Waals surface area contributed by atoms with E-state index in [0.717, 1.165) is 18.7 Å². The van der Waals surface area contributed by atoms with Crippen molar-refractivity contribution in [3.05, 3.63) is 12.4 Å². The number of aromatic amines is 1. The topological polar surface area (TPSA) is 55.2 Å². The van der Waals surface area contributed by atoms with Crippen molar-refractivity contribution in [2.45, 2.75) is 26.2 Å². The lowest BCUT2D eigenvalue weighted by Gasteiger charge is -1.99. The van der Waals surface area contributed by atoms with Crippen LogP contribution in [0.2, 0.25) is 0 Å². The predicted molar refractivity (Wildman–Crippen MR) is 52.4 cm³/mol. The summed E-state index contributed by atoms with van der Waals surface area (Å²) in [6, 6.07) is 1.85. The number of fused-ring (bicyclic) bond motifs is 1. The van der Waals surface area contributed by atoms with Gasteiger partial charge in [-0.25, -0.2) is 0 Å². The molecule has 0 saturated carbocycles. The molecule has 2 rings (SSSR count). The van der Waals surface area contributed by atoms with Crippen LogP contribution in [0, 0.1) is 0 Å². The summed E-state index contributed by atoms with van der Waals surface area (Å²) in [5.41, 5.74) is 0.857. The van der Waals surface area contributed by atoms with Gasteiger partial charge in [0.25, 0.3) is 0 Å². The van der Waals surface area contributed by atoms with Gasteiger partial charge in [-0.1, -0.05) is 19.8 Å². The molecular weight excluding hydrogens is 180 g/mol. The fraction of sp³-hybridized carbons (Fsp3) is 0.556. The Morgan fingerprint density at radius 2 is 2.43 bits per heavy atom. The summed E-state index contributed by atoms with van der Waals surface area (Å²) in [5, 5.41) is 8.08. The minimum Gasteiger partial charge on any atom is -0.477 e. The molecule has 5 heteroatoms. The first-order chi connectivity index (χ1) is 6.90. The maximum Gasteiger partial charge on any atom is 0.237 e. The van der Waals surface area contributed by atoms with E-state index in [1.54, 1.807) is 6.33 Å². The Morgan fingerprint density at radius 3 is 3.21 bits per heavy atom. The van der Waals surface area contributed by atoms with Gasteiger partial charge in [-0.15, -0.1) is 14.8 Å². The van der Waals surface area contributed by atoms with E-state index in [0.29, 0.717) is 5.88 Å². The number of ether oxygens (including phenoxy) is 1. The number of aromatic nitrogens is 4. The van der Waals surface area contributed by atoms with Crippen molar-refractivity contribution in [1.82, 2.24) is 19.8 Å². The van der Waals surface area contributed by atoms with Gasteiger partial charge in [-0.3, -0.25) is 0 Å². The van der Waals surface area contributed by atoms with Gasteiger partial charge in [-0.2, -0.15) is 0 Å². The zero-order chi connectivity index (χ0) is 9.80. The van der Waals surface area contributed by atoms with E-state index < -0.39 is 0 Å². The van der Waals surface area contributed by atoms with E-state index in [-0.39, 0.29) is 0 Å². The van der Waals surface area contributed by atoms with Crippen LogP contribution in [0.1, 0.15) is 26.2 Å². The molecule has 14 heavy (non-hydrogen) atoms. The van der Waals surface area contributed by atoms with Crippen molar-refractivity contribution in [2.75, 3.05) is 6.61 Å². The molecule has 5 nitrogen and oxygen atoms in total. The first-order valence-electron chi connectivity index (χ1n) is 4.92. The maximum absolute atomic E-state index is 5.46. The van der Waals surface area contributed by atoms with Gasteiger partial charge in [0.05, 0.1) is 6.61 Å². The fourth-order valence-corrected chi connectivity index (χ4v) is 1.29. The van der Waals surface area contributed by atoms with Gasteiger partial charge in [0.2, 0.25) is 5.88 Å². The van der Waals surface area contributed by atoms with Gasteiger partial charge < -0.3 is 9.72 Å². The molecule has 1 N–H and O–H groups in total. The molecule has 0 atom stereocenters. The van der Waals surface area contributed by atoms with Crippen molar-refractivity contribution < 1.29 is 4.74 Å². The highest BCUT2D eigenvalue weighted by molar-refractivity contribution is 5.39. The van der Waals surface area contributed by atoms with Gasteiger partial charge in [0, 0.05) is 6.07 Å². The second kappa shape index (κ2) is 4.13. The van der Waals surface area contributed by atoms with Crippen LogP contribution >= 0.6 is 0 Å². The summed E-state index contributed by atoms with van der Waals surface area (Å²) in [6.45, 7) is 2.90. The third kappa shape index (κ3) is 1.86. The van der Waals surface area contributed by atoms with Crippen molar-refractivity contribution in [1.29, 1.82) is 0 Å². The lowest BCUT2D eigenvalue weighted by molar-refractivity contribution is 0.292. The van der Waals surface area contributed by atoms with Crippen molar-refractivity contribution >= 4 is 5.65 Å². The molecule has 0 unspecified atom stereocenters. The van der Waals surface area contributed by atoms with Gasteiger partial charge >= 0.3 is 0 Å². The molecule has 0 aromatic carbocycles. The largest absolute Gasteiger partial charge is 0.477 e. The number of H-pyrrole nitrogens is 1. The Labute approximate surface area is 82.1 Å². The smallest absolute Gasteiger partial charge is 0.237 e. The van der Waals surface area contributed by atoms with E-state index in [4.69, 9.17) is 4.74 Å². The van der Waals surface area contributed by atoms with Crippen molar-refractivity contribution in [3.8, 4) is 5.88 Å². The van der Waals surface area contributed by atoms with Crippen molar-refractivity contribution in [2.24, 2.45) is 0 Å². The predicted octanol–water partition coefficient (Wildman–Crippen LogP) is 1.63. The number of nitrogens with zero attached hydrogens (tertiary/aromatic N) is 3. The highest BCUT2D eigenvalue weighted by Crippen LogP contribution is 2.10. The molecule has 0 bridgehead atoms. The molecule has 2 heterocycles. The van der Waals surface area contributed by atoms with E-state index in [2.05, 4.69) is 22.1 Å². The highest BCUT2D eigenvalue weighted by Gasteiger charge is 2.02. The van der Waals surface area contributed by atoms with E-state index in [9.17, 15) is 0 Å². The molecule has 0 saturated heterocycles. The molecule has 0 fully saturated rings. The number of hydrogen-bond acceptors (Lipinski definition) is 3. The number of nitrogens with one attached hydrogen (secondary N) is 1. The third-order valence-electron chi connectivity index (χ3n) is 2.05. The maximum atomic E-state index is 5.46. The van der Waals surface area contributed by atoms with Crippen LogP contribution in [-0.2, 0) is 0 Å². The Balaban J connectivity index is 1.89. The van der Waals surface area contributed by atoms with Gasteiger partial charge in [0.15, 0.2) is 5.65 Å². The average molecular weight is 194 g/mol. The Morgan fingerprint density at radius 1 is 1.50 bits per heavy atom. The number of hydrogen-bond donors (Lipinski definition) is 1. The SMILES string of the molecule is CCCCCOc1cc2[nH]cnn2n1. The second-order valence-electron chi connectivity index (χ2n) is 3.20. The van der Waals surface area contributed by atoms with Crippen LogP contribution < -0.4 is 4.74 Å². The van der Waals surface area contributed by atoms with E-state index in [1.807, 2.05) is 6.07 Å². The Kier molecular flexibility index (Phi) is 2.67. The van der Waals surface area contributed by atoms with Crippen LogP contribution in [0.5, 0.6) is 5.88 Å². The standard InChI is InChI=1S/C9H14N4O/c1-2-3-4-5-14-9-6-8-10-7-11-13(8)12-9/h6-7H,2-5H2,1H3,(H,10,11). The average Bonchev–Trinajstić information content (AvgIpc) is 2.72. The molecule has 0 radical (unpaired) electrons. The van der Waals surface area contributed by atoms with E-state index in [1.165, 1.54) is 17.5 Å². The zero-order valence-corrected chi connectivity index (χ0v) is 8.23. The van der Waals surface area contributed by atoms with Crippen LogP contribution in [0.3, 0.4) is 0 Å². The summed E-state index contributed by atoms with van der Waals surface area (Å²) < 4.78 is 6.98. The number of rotatable bonds is 5. The van der Waals surface area contributed by atoms with Crippen LogP contribution in [-0.4, -0.2) is 26.4 Å². The summed E-state index contributed by atoms with van der Waals surface area (Å²) in [6.07, 6.45) is 5.08. The summed E-state index contributed by atoms with van der Waals surface area (Å²) in [7, 11) is 0. The quantitative estimate of drug-likeness (QED) is 0.736. The van der Waals surface area contributed by atoms with Gasteiger partial charge in [-0.05, 0) is 6.42 Å². The lowest BCUT2D eigenvalue weighted by Crippen LogP contribution is -1.97. The second-order valence-corrected chi connectivity index (χ2v) is 3.20. The molecule has 2 aromatic heterocycles.